The molecule has 0 bridgehead atoms. The Morgan fingerprint density at radius 2 is 2.04 bits per heavy atom. The predicted octanol–water partition coefficient (Wildman–Crippen LogP) is 5.62. The largest absolute Gasteiger partial charge is 0.362 e. The van der Waals surface area contributed by atoms with E-state index in [0.29, 0.717) is 5.56 Å². The molecule has 2 aromatic carbocycles. The summed E-state index contributed by atoms with van der Waals surface area (Å²) in [6.45, 7) is 9.87. The third-order valence-electron chi connectivity index (χ3n) is 4.92. The minimum atomic E-state index is -0.234. The number of hydrazone groups is 1. The summed E-state index contributed by atoms with van der Waals surface area (Å²) in [7, 11) is 0. The van der Waals surface area contributed by atoms with E-state index in [0.717, 1.165) is 23.0 Å². The summed E-state index contributed by atoms with van der Waals surface area (Å²) < 4.78 is 0.862. The standard InChI is InChI=1S/C23H26BrN3O/c1-5-11-27-21-10-9-17(12-20(21)16(2)14-23(27,3)4)15-25-26-22(28)18-7-6-8-19(24)13-18/h6-10,12-15H,5,11H2,1-4H3,(H,26,28)/b25-15-. The van der Waals surface area contributed by atoms with Crippen LogP contribution in [0.25, 0.3) is 5.57 Å². The van der Waals surface area contributed by atoms with E-state index >= 15 is 0 Å². The van der Waals surface area contributed by atoms with Gasteiger partial charge in [-0.25, -0.2) is 5.43 Å². The van der Waals surface area contributed by atoms with E-state index in [1.165, 1.54) is 16.8 Å². The average molecular weight is 440 g/mol. The van der Waals surface area contributed by atoms with Crippen LogP contribution in [0.15, 0.2) is 58.1 Å². The van der Waals surface area contributed by atoms with Crippen LogP contribution in [0.2, 0.25) is 0 Å². The molecule has 5 heteroatoms. The molecule has 0 saturated carbocycles. The smallest absolute Gasteiger partial charge is 0.271 e. The van der Waals surface area contributed by atoms with Crippen LogP contribution in [0.1, 0.15) is 55.6 Å². The van der Waals surface area contributed by atoms with Gasteiger partial charge in [-0.15, -0.1) is 0 Å². The van der Waals surface area contributed by atoms with Gasteiger partial charge in [-0.3, -0.25) is 4.79 Å². The first-order valence-corrected chi connectivity index (χ1v) is 10.3. The van der Waals surface area contributed by atoms with Gasteiger partial charge in [0.25, 0.3) is 5.91 Å². The number of hydrogen-bond acceptors (Lipinski definition) is 3. The first-order valence-electron chi connectivity index (χ1n) is 9.52. The summed E-state index contributed by atoms with van der Waals surface area (Å²) in [5.41, 5.74) is 7.85. The fourth-order valence-corrected chi connectivity index (χ4v) is 4.07. The molecule has 0 atom stereocenters. The van der Waals surface area contributed by atoms with Crippen molar-refractivity contribution in [2.45, 2.75) is 39.7 Å². The van der Waals surface area contributed by atoms with Crippen LogP contribution in [0.3, 0.4) is 0 Å². The summed E-state index contributed by atoms with van der Waals surface area (Å²) in [4.78, 5) is 14.6. The summed E-state index contributed by atoms with van der Waals surface area (Å²) >= 11 is 3.37. The number of carbonyl (C=O) groups excluding carboxylic acids is 1. The second-order valence-electron chi connectivity index (χ2n) is 7.62. The Kier molecular flexibility index (Phi) is 6.04. The lowest BCUT2D eigenvalue weighted by atomic mass is 9.88. The Bertz CT molecular complexity index is 947. The Hall–Kier alpha value is -2.40. The molecule has 1 aliphatic heterocycles. The van der Waals surface area contributed by atoms with Gasteiger partial charge in [0.15, 0.2) is 0 Å². The highest BCUT2D eigenvalue weighted by Crippen LogP contribution is 2.39. The van der Waals surface area contributed by atoms with Crippen LogP contribution in [0, 0.1) is 0 Å². The molecule has 0 radical (unpaired) electrons. The topological polar surface area (TPSA) is 44.7 Å². The third-order valence-corrected chi connectivity index (χ3v) is 5.41. The fraction of sp³-hybridized carbons (Fsp3) is 0.304. The van der Waals surface area contributed by atoms with E-state index in [1.807, 2.05) is 18.2 Å². The number of allylic oxidation sites excluding steroid dienone is 1. The van der Waals surface area contributed by atoms with E-state index < -0.39 is 0 Å². The van der Waals surface area contributed by atoms with Crippen molar-refractivity contribution in [3.8, 4) is 0 Å². The Morgan fingerprint density at radius 1 is 1.25 bits per heavy atom. The summed E-state index contributed by atoms with van der Waals surface area (Å²) in [6, 6.07) is 13.6. The summed E-state index contributed by atoms with van der Waals surface area (Å²) in [5, 5.41) is 4.13. The number of anilines is 1. The van der Waals surface area contributed by atoms with Gasteiger partial charge >= 0.3 is 0 Å². The number of nitrogens with one attached hydrogen (secondary N) is 1. The molecule has 146 valence electrons. The first-order chi connectivity index (χ1) is 13.3. The van der Waals surface area contributed by atoms with Crippen LogP contribution < -0.4 is 10.3 Å². The quantitative estimate of drug-likeness (QED) is 0.484. The first kappa shape index (κ1) is 20.3. The van der Waals surface area contributed by atoms with Crippen molar-refractivity contribution in [2.75, 3.05) is 11.4 Å². The van der Waals surface area contributed by atoms with E-state index in [2.05, 4.69) is 77.3 Å². The van der Waals surface area contributed by atoms with Gasteiger partial charge < -0.3 is 4.90 Å². The molecule has 1 N–H and O–H groups in total. The van der Waals surface area contributed by atoms with Crippen molar-refractivity contribution in [1.29, 1.82) is 0 Å². The maximum Gasteiger partial charge on any atom is 0.271 e. The van der Waals surface area contributed by atoms with Gasteiger partial charge in [-0.1, -0.05) is 41.1 Å². The highest BCUT2D eigenvalue weighted by atomic mass is 79.9. The number of hydrogen-bond donors (Lipinski definition) is 1. The second kappa shape index (κ2) is 8.31. The van der Waals surface area contributed by atoms with E-state index in [1.54, 1.807) is 18.3 Å². The maximum absolute atomic E-state index is 12.2. The molecule has 4 nitrogen and oxygen atoms in total. The number of fused-ring (bicyclic) bond motifs is 1. The van der Waals surface area contributed by atoms with Crippen LogP contribution in [-0.2, 0) is 0 Å². The molecular formula is C23H26BrN3O. The van der Waals surface area contributed by atoms with Crippen molar-refractivity contribution < 1.29 is 4.79 Å². The zero-order valence-corrected chi connectivity index (χ0v) is 18.4. The molecular weight excluding hydrogens is 414 g/mol. The number of halogens is 1. The Morgan fingerprint density at radius 3 is 2.75 bits per heavy atom. The van der Waals surface area contributed by atoms with Gasteiger partial charge in [0.1, 0.15) is 0 Å². The summed E-state index contributed by atoms with van der Waals surface area (Å²) in [6.07, 6.45) is 5.11. The zero-order valence-electron chi connectivity index (χ0n) is 16.8. The van der Waals surface area contributed by atoms with E-state index in [-0.39, 0.29) is 11.4 Å². The predicted molar refractivity (Wildman–Crippen MR) is 121 cm³/mol. The maximum atomic E-state index is 12.2. The molecule has 1 aliphatic rings. The lowest BCUT2D eigenvalue weighted by Crippen LogP contribution is -2.45. The number of nitrogens with zero attached hydrogens (tertiary/aromatic N) is 2. The van der Waals surface area contributed by atoms with E-state index in [4.69, 9.17) is 0 Å². The molecule has 1 heterocycles. The van der Waals surface area contributed by atoms with Crippen molar-refractivity contribution in [3.05, 3.63) is 69.7 Å². The Labute approximate surface area is 175 Å². The van der Waals surface area contributed by atoms with Gasteiger partial charge in [-0.05, 0) is 68.7 Å². The average Bonchev–Trinajstić information content (AvgIpc) is 2.65. The lowest BCUT2D eigenvalue weighted by molar-refractivity contribution is 0.0955. The van der Waals surface area contributed by atoms with Gasteiger partial charge in [-0.2, -0.15) is 5.10 Å². The minimum absolute atomic E-state index is 0.000626. The molecule has 1 amide bonds. The molecule has 0 aromatic heterocycles. The van der Waals surface area contributed by atoms with Gasteiger partial charge in [0, 0.05) is 27.8 Å². The van der Waals surface area contributed by atoms with Crippen LogP contribution >= 0.6 is 15.9 Å². The van der Waals surface area contributed by atoms with E-state index in [9.17, 15) is 4.79 Å². The second-order valence-corrected chi connectivity index (χ2v) is 8.53. The van der Waals surface area contributed by atoms with Crippen LogP contribution in [0.4, 0.5) is 5.69 Å². The molecule has 28 heavy (non-hydrogen) atoms. The van der Waals surface area contributed by atoms with Gasteiger partial charge in [0.2, 0.25) is 0 Å². The van der Waals surface area contributed by atoms with Crippen molar-refractivity contribution >= 4 is 39.3 Å². The highest BCUT2D eigenvalue weighted by molar-refractivity contribution is 9.10. The third kappa shape index (κ3) is 4.36. The summed E-state index contributed by atoms with van der Waals surface area (Å²) in [5.74, 6) is -0.234. The normalized spacial score (nSPS) is 15.3. The van der Waals surface area contributed by atoms with Gasteiger partial charge in [0.05, 0.1) is 11.8 Å². The van der Waals surface area contributed by atoms with Crippen molar-refractivity contribution in [2.24, 2.45) is 5.10 Å². The lowest BCUT2D eigenvalue weighted by Gasteiger charge is -2.43. The van der Waals surface area contributed by atoms with Crippen LogP contribution in [-0.4, -0.2) is 24.2 Å². The monoisotopic (exact) mass is 439 g/mol. The number of rotatable bonds is 5. The Balaban J connectivity index is 1.79. The molecule has 0 aliphatic carbocycles. The SMILES string of the molecule is CCCN1c2ccc(/C=N\NC(=O)c3cccc(Br)c3)cc2C(C)=CC1(C)C. The molecule has 2 aromatic rings. The molecule has 0 unspecified atom stereocenters. The molecule has 0 saturated heterocycles. The molecule has 3 rings (SSSR count). The van der Waals surface area contributed by atoms with Crippen molar-refractivity contribution in [1.82, 2.24) is 5.43 Å². The minimum Gasteiger partial charge on any atom is -0.362 e. The zero-order chi connectivity index (χ0) is 20.3. The van der Waals surface area contributed by atoms with Crippen LogP contribution in [0.5, 0.6) is 0 Å². The number of amides is 1. The number of carbonyl (C=O) groups is 1. The molecule has 0 spiro atoms. The molecule has 0 fully saturated rings. The van der Waals surface area contributed by atoms with Crippen molar-refractivity contribution in [3.63, 3.8) is 0 Å². The number of benzene rings is 2. The highest BCUT2D eigenvalue weighted by Gasteiger charge is 2.30. The fourth-order valence-electron chi connectivity index (χ4n) is 3.67.